The number of fused-ring (bicyclic) bond motifs is 3. The number of hydrogen-bond acceptors (Lipinski definition) is 4. The maximum absolute atomic E-state index is 11.5. The van der Waals surface area contributed by atoms with Crippen molar-refractivity contribution >= 4 is 27.7 Å². The number of amides is 1. The smallest absolute Gasteiger partial charge is 0.250 e. The summed E-state index contributed by atoms with van der Waals surface area (Å²) < 4.78 is 0. The molecule has 0 spiro atoms. The van der Waals surface area contributed by atoms with Crippen LogP contribution in [-0.4, -0.2) is 33.9 Å². The highest BCUT2D eigenvalue weighted by molar-refractivity contribution is 6.12. The molecule has 4 rings (SSSR count). The van der Waals surface area contributed by atoms with Gasteiger partial charge in [0.1, 0.15) is 5.82 Å². The minimum atomic E-state index is -0.450. The molecule has 22 heavy (non-hydrogen) atoms. The quantitative estimate of drug-likeness (QED) is 0.670. The van der Waals surface area contributed by atoms with E-state index in [1.165, 1.54) is 0 Å². The second-order valence-electron chi connectivity index (χ2n) is 5.75. The highest BCUT2D eigenvalue weighted by Crippen LogP contribution is 2.28. The number of aromatic amines is 1. The van der Waals surface area contributed by atoms with Gasteiger partial charge >= 0.3 is 0 Å². The monoisotopic (exact) mass is 295 g/mol. The van der Waals surface area contributed by atoms with Gasteiger partial charge in [0.05, 0.1) is 16.6 Å². The molecule has 6 heteroatoms. The molecule has 2 aromatic heterocycles. The lowest BCUT2D eigenvalue weighted by Gasteiger charge is -2.22. The number of piperidine rings is 1. The van der Waals surface area contributed by atoms with Gasteiger partial charge in [-0.3, -0.25) is 9.78 Å². The first kappa shape index (κ1) is 13.2. The molecule has 1 amide bonds. The summed E-state index contributed by atoms with van der Waals surface area (Å²) in [5.41, 5.74) is 7.58. The molecular weight excluding hydrogens is 278 g/mol. The first-order valence-corrected chi connectivity index (χ1v) is 7.51. The van der Waals surface area contributed by atoms with Gasteiger partial charge in [0.25, 0.3) is 5.91 Å². The Hall–Kier alpha value is -2.47. The molecule has 1 saturated heterocycles. The van der Waals surface area contributed by atoms with Gasteiger partial charge in [-0.1, -0.05) is 12.1 Å². The van der Waals surface area contributed by atoms with E-state index in [2.05, 4.69) is 20.3 Å². The van der Waals surface area contributed by atoms with Crippen molar-refractivity contribution in [1.82, 2.24) is 20.3 Å². The van der Waals surface area contributed by atoms with Crippen molar-refractivity contribution < 1.29 is 4.79 Å². The van der Waals surface area contributed by atoms with Crippen LogP contribution < -0.4 is 11.1 Å². The first-order chi connectivity index (χ1) is 10.7. The second-order valence-corrected chi connectivity index (χ2v) is 5.75. The van der Waals surface area contributed by atoms with Crippen LogP contribution in [0.25, 0.3) is 21.8 Å². The number of carbonyl (C=O) groups is 1. The molecule has 1 aromatic carbocycles. The van der Waals surface area contributed by atoms with E-state index in [0.29, 0.717) is 11.5 Å². The van der Waals surface area contributed by atoms with Crippen molar-refractivity contribution in [3.63, 3.8) is 0 Å². The molecule has 0 saturated carbocycles. The number of rotatable bonds is 2. The van der Waals surface area contributed by atoms with Crippen molar-refractivity contribution in [3.8, 4) is 0 Å². The summed E-state index contributed by atoms with van der Waals surface area (Å²) in [5.74, 6) is 0.978. The number of benzene rings is 1. The number of carbonyl (C=O) groups excluding carboxylic acids is 1. The highest BCUT2D eigenvalue weighted by atomic mass is 16.1. The van der Waals surface area contributed by atoms with Crippen LogP contribution in [0.1, 0.15) is 34.9 Å². The van der Waals surface area contributed by atoms with E-state index in [-0.39, 0.29) is 0 Å². The van der Waals surface area contributed by atoms with Crippen molar-refractivity contribution in [2.75, 3.05) is 13.1 Å². The minimum absolute atomic E-state index is 0.437. The summed E-state index contributed by atoms with van der Waals surface area (Å²) in [7, 11) is 0. The van der Waals surface area contributed by atoms with E-state index in [1.54, 1.807) is 6.20 Å². The fourth-order valence-electron chi connectivity index (χ4n) is 3.19. The lowest BCUT2D eigenvalue weighted by molar-refractivity contribution is 0.100. The molecule has 0 unspecified atom stereocenters. The lowest BCUT2D eigenvalue weighted by Crippen LogP contribution is -2.27. The van der Waals surface area contributed by atoms with Crippen LogP contribution in [0.4, 0.5) is 0 Å². The van der Waals surface area contributed by atoms with Crippen molar-refractivity contribution in [1.29, 1.82) is 0 Å². The Bertz CT molecular complexity index is 863. The highest BCUT2D eigenvalue weighted by Gasteiger charge is 2.18. The molecule has 1 aliphatic heterocycles. The van der Waals surface area contributed by atoms with Gasteiger partial charge in [-0.15, -0.1) is 0 Å². The van der Waals surface area contributed by atoms with Gasteiger partial charge in [0, 0.05) is 29.1 Å². The SMILES string of the molecule is NC(=O)c1cnc2c1ccc1cnc(C3CCNCC3)[nH]c12. The van der Waals surface area contributed by atoms with Crippen LogP contribution in [0.3, 0.4) is 0 Å². The topological polar surface area (TPSA) is 96.7 Å². The third kappa shape index (κ3) is 2.03. The van der Waals surface area contributed by atoms with Crippen LogP contribution in [-0.2, 0) is 0 Å². The minimum Gasteiger partial charge on any atom is -0.366 e. The summed E-state index contributed by atoms with van der Waals surface area (Å²) in [6.45, 7) is 2.03. The summed E-state index contributed by atoms with van der Waals surface area (Å²) >= 11 is 0. The molecule has 3 heterocycles. The van der Waals surface area contributed by atoms with Gasteiger partial charge in [-0.25, -0.2) is 4.98 Å². The average Bonchev–Trinajstić information content (AvgIpc) is 3.00. The van der Waals surface area contributed by atoms with Crippen molar-refractivity contribution in [2.45, 2.75) is 18.8 Å². The van der Waals surface area contributed by atoms with E-state index < -0.39 is 5.91 Å². The second kappa shape index (κ2) is 5.06. The predicted molar refractivity (Wildman–Crippen MR) is 84.8 cm³/mol. The van der Waals surface area contributed by atoms with Gasteiger partial charge < -0.3 is 16.0 Å². The molecule has 6 nitrogen and oxygen atoms in total. The fourth-order valence-corrected chi connectivity index (χ4v) is 3.19. The van der Waals surface area contributed by atoms with E-state index >= 15 is 0 Å². The summed E-state index contributed by atoms with van der Waals surface area (Å²) in [4.78, 5) is 23.9. The largest absolute Gasteiger partial charge is 0.366 e. The zero-order valence-electron chi connectivity index (χ0n) is 12.1. The average molecular weight is 295 g/mol. The van der Waals surface area contributed by atoms with E-state index in [1.807, 2.05) is 18.3 Å². The molecule has 0 radical (unpaired) electrons. The van der Waals surface area contributed by atoms with Crippen molar-refractivity contribution in [2.24, 2.45) is 5.73 Å². The molecule has 1 fully saturated rings. The van der Waals surface area contributed by atoms with E-state index in [9.17, 15) is 4.79 Å². The number of H-pyrrole nitrogens is 1. The van der Waals surface area contributed by atoms with Gasteiger partial charge in [0.15, 0.2) is 0 Å². The Morgan fingerprint density at radius 1 is 1.18 bits per heavy atom. The maximum Gasteiger partial charge on any atom is 0.250 e. The van der Waals surface area contributed by atoms with Crippen LogP contribution in [0.2, 0.25) is 0 Å². The Kier molecular flexibility index (Phi) is 3.04. The van der Waals surface area contributed by atoms with E-state index in [0.717, 1.165) is 53.6 Å². The predicted octanol–water partition coefficient (Wildman–Crippen LogP) is 1.68. The standard InChI is InChI=1S/C16H17N5O/c17-15(22)12-8-19-14-11(12)2-1-10-7-20-16(21-13(10)14)9-3-5-18-6-4-9/h1-2,7-9,18H,3-6H2,(H2,17,22)(H,20,21). The molecule has 112 valence electrons. The molecule has 3 aromatic rings. The number of nitrogens with two attached hydrogens (primary N) is 1. The van der Waals surface area contributed by atoms with E-state index in [4.69, 9.17) is 5.73 Å². The third-order valence-corrected chi connectivity index (χ3v) is 4.41. The Morgan fingerprint density at radius 3 is 2.77 bits per heavy atom. The number of aromatic nitrogens is 3. The van der Waals surface area contributed by atoms with Crippen LogP contribution in [0, 0.1) is 0 Å². The van der Waals surface area contributed by atoms with Gasteiger partial charge in [0.2, 0.25) is 0 Å². The third-order valence-electron chi connectivity index (χ3n) is 4.41. The molecular formula is C16H17N5O. The van der Waals surface area contributed by atoms with Crippen LogP contribution >= 0.6 is 0 Å². The molecule has 0 bridgehead atoms. The Balaban J connectivity index is 1.89. The summed E-state index contributed by atoms with van der Waals surface area (Å²) in [6, 6.07) is 3.83. The fraction of sp³-hybridized carbons (Fsp3) is 0.312. The Labute approximate surface area is 127 Å². The molecule has 1 aliphatic rings. The normalized spacial score (nSPS) is 16.4. The zero-order chi connectivity index (χ0) is 15.1. The zero-order valence-corrected chi connectivity index (χ0v) is 12.1. The molecule has 0 atom stereocenters. The van der Waals surface area contributed by atoms with Crippen LogP contribution in [0.5, 0.6) is 0 Å². The number of hydrogen-bond donors (Lipinski definition) is 3. The van der Waals surface area contributed by atoms with Crippen molar-refractivity contribution in [3.05, 3.63) is 35.9 Å². The Morgan fingerprint density at radius 2 is 2.00 bits per heavy atom. The lowest BCUT2D eigenvalue weighted by atomic mass is 9.97. The summed E-state index contributed by atoms with van der Waals surface area (Å²) in [5, 5.41) is 5.14. The maximum atomic E-state index is 11.5. The van der Waals surface area contributed by atoms with Crippen LogP contribution in [0.15, 0.2) is 24.5 Å². The number of primary amides is 1. The molecule has 0 aliphatic carbocycles. The number of nitrogens with zero attached hydrogens (tertiary/aromatic N) is 2. The van der Waals surface area contributed by atoms with Gasteiger partial charge in [-0.05, 0) is 25.9 Å². The van der Waals surface area contributed by atoms with Gasteiger partial charge in [-0.2, -0.15) is 0 Å². The number of nitrogens with one attached hydrogen (secondary N) is 2. The first-order valence-electron chi connectivity index (χ1n) is 7.51. The summed E-state index contributed by atoms with van der Waals surface area (Å²) in [6.07, 6.45) is 5.57. The molecule has 4 N–H and O–H groups in total.